The van der Waals surface area contributed by atoms with Crippen LogP contribution in [0, 0.1) is 0 Å². The molecule has 1 aromatic rings. The molecule has 0 atom stereocenters. The summed E-state index contributed by atoms with van der Waals surface area (Å²) in [7, 11) is 0. The first-order valence-corrected chi connectivity index (χ1v) is 6.85. The fourth-order valence-corrected chi connectivity index (χ4v) is 2.48. The van der Waals surface area contributed by atoms with Crippen LogP contribution in [-0.2, 0) is 0 Å². The Morgan fingerprint density at radius 2 is 2.21 bits per heavy atom. The van der Waals surface area contributed by atoms with E-state index in [1.54, 1.807) is 29.2 Å². The standard InChI is InChI=1S/C12H15F2N3OS/c13-11(14)19-10-4-2-1-3-9(10)15-5-7-17-8-6-16-12(17)18/h1-4,11,15H,5-8H2,(H,16,18). The molecule has 1 aromatic carbocycles. The Hall–Kier alpha value is -1.50. The van der Waals surface area contributed by atoms with Crippen LogP contribution < -0.4 is 10.6 Å². The number of amides is 2. The number of carbonyl (C=O) groups excluding carboxylic acids is 1. The van der Waals surface area contributed by atoms with Gasteiger partial charge in [-0.25, -0.2) is 4.79 Å². The number of rotatable bonds is 6. The van der Waals surface area contributed by atoms with Crippen LogP contribution in [0.3, 0.4) is 0 Å². The van der Waals surface area contributed by atoms with Crippen LogP contribution in [0.25, 0.3) is 0 Å². The number of para-hydroxylation sites is 1. The third-order valence-electron chi connectivity index (χ3n) is 2.75. The maximum absolute atomic E-state index is 12.4. The number of alkyl halides is 2. The average Bonchev–Trinajstić information content (AvgIpc) is 2.77. The first-order chi connectivity index (χ1) is 9.16. The minimum absolute atomic E-state index is 0.0722. The van der Waals surface area contributed by atoms with E-state index in [0.717, 1.165) is 0 Å². The highest BCUT2D eigenvalue weighted by Crippen LogP contribution is 2.31. The van der Waals surface area contributed by atoms with E-state index in [-0.39, 0.29) is 6.03 Å². The summed E-state index contributed by atoms with van der Waals surface area (Å²) in [5.41, 5.74) is 0.674. The van der Waals surface area contributed by atoms with Crippen molar-refractivity contribution < 1.29 is 13.6 Å². The number of nitrogens with zero attached hydrogens (tertiary/aromatic N) is 1. The van der Waals surface area contributed by atoms with Gasteiger partial charge in [0.15, 0.2) is 0 Å². The maximum atomic E-state index is 12.4. The highest BCUT2D eigenvalue weighted by atomic mass is 32.2. The lowest BCUT2D eigenvalue weighted by Crippen LogP contribution is -2.32. The average molecular weight is 287 g/mol. The summed E-state index contributed by atoms with van der Waals surface area (Å²) in [4.78, 5) is 13.5. The number of thioether (sulfide) groups is 1. The molecule has 0 spiro atoms. The molecule has 7 heteroatoms. The van der Waals surface area contributed by atoms with E-state index in [1.165, 1.54) is 0 Å². The lowest BCUT2D eigenvalue weighted by Gasteiger charge is -2.16. The molecule has 0 radical (unpaired) electrons. The zero-order chi connectivity index (χ0) is 13.7. The molecule has 1 aliphatic heterocycles. The summed E-state index contributed by atoms with van der Waals surface area (Å²) in [6.07, 6.45) is 0. The lowest BCUT2D eigenvalue weighted by atomic mass is 10.3. The molecule has 2 amide bonds. The summed E-state index contributed by atoms with van der Waals surface area (Å²) in [5, 5.41) is 5.80. The van der Waals surface area contributed by atoms with E-state index in [2.05, 4.69) is 10.6 Å². The fourth-order valence-electron chi connectivity index (χ4n) is 1.86. The third-order valence-corrected chi connectivity index (χ3v) is 3.53. The normalized spacial score (nSPS) is 14.9. The molecule has 0 saturated carbocycles. The second kappa shape index (κ2) is 6.60. The molecule has 0 aromatic heterocycles. The Bertz CT molecular complexity index is 445. The van der Waals surface area contributed by atoms with Crippen molar-refractivity contribution >= 4 is 23.5 Å². The van der Waals surface area contributed by atoms with Gasteiger partial charge in [-0.1, -0.05) is 23.9 Å². The summed E-state index contributed by atoms with van der Waals surface area (Å²) in [6, 6.07) is 6.86. The number of benzene rings is 1. The predicted molar refractivity (Wildman–Crippen MR) is 71.8 cm³/mol. The fraction of sp³-hybridized carbons (Fsp3) is 0.417. The number of halogens is 2. The molecule has 1 aliphatic rings. The molecule has 2 N–H and O–H groups in total. The second-order valence-corrected chi connectivity index (χ2v) is 5.05. The molecule has 1 saturated heterocycles. The molecule has 19 heavy (non-hydrogen) atoms. The van der Waals surface area contributed by atoms with Crippen LogP contribution in [0.15, 0.2) is 29.2 Å². The minimum atomic E-state index is -2.44. The van der Waals surface area contributed by atoms with E-state index in [4.69, 9.17) is 0 Å². The number of urea groups is 1. The van der Waals surface area contributed by atoms with Crippen LogP contribution in [0.2, 0.25) is 0 Å². The molecule has 1 heterocycles. The first kappa shape index (κ1) is 13.9. The smallest absolute Gasteiger partial charge is 0.317 e. The molecule has 4 nitrogen and oxygen atoms in total. The van der Waals surface area contributed by atoms with Crippen molar-refractivity contribution in [2.45, 2.75) is 10.7 Å². The van der Waals surface area contributed by atoms with Gasteiger partial charge in [-0.2, -0.15) is 8.78 Å². The van der Waals surface area contributed by atoms with Gasteiger partial charge in [-0.3, -0.25) is 0 Å². The molecule has 0 bridgehead atoms. The van der Waals surface area contributed by atoms with E-state index >= 15 is 0 Å². The lowest BCUT2D eigenvalue weighted by molar-refractivity contribution is 0.219. The zero-order valence-electron chi connectivity index (χ0n) is 10.2. The van der Waals surface area contributed by atoms with E-state index in [0.29, 0.717) is 48.5 Å². The van der Waals surface area contributed by atoms with Crippen molar-refractivity contribution in [3.05, 3.63) is 24.3 Å². The molecule has 1 fully saturated rings. The molecule has 2 rings (SSSR count). The molecule has 0 unspecified atom stereocenters. The van der Waals surface area contributed by atoms with Crippen molar-refractivity contribution in [3.8, 4) is 0 Å². The third kappa shape index (κ3) is 3.99. The Balaban J connectivity index is 1.86. The van der Waals surface area contributed by atoms with Crippen molar-refractivity contribution in [3.63, 3.8) is 0 Å². The maximum Gasteiger partial charge on any atom is 0.317 e. The van der Waals surface area contributed by atoms with Crippen molar-refractivity contribution in [1.82, 2.24) is 10.2 Å². The number of nitrogens with one attached hydrogen (secondary N) is 2. The van der Waals surface area contributed by atoms with Gasteiger partial charge in [-0.15, -0.1) is 0 Å². The van der Waals surface area contributed by atoms with Crippen molar-refractivity contribution in [2.24, 2.45) is 0 Å². The van der Waals surface area contributed by atoms with Crippen LogP contribution in [0.1, 0.15) is 0 Å². The SMILES string of the molecule is O=C1NCCN1CCNc1ccccc1SC(F)F. The topological polar surface area (TPSA) is 44.4 Å². The van der Waals surface area contributed by atoms with Gasteiger partial charge in [0.25, 0.3) is 5.76 Å². The van der Waals surface area contributed by atoms with Crippen molar-refractivity contribution in [1.29, 1.82) is 0 Å². The zero-order valence-corrected chi connectivity index (χ0v) is 11.1. The van der Waals surface area contributed by atoms with Crippen LogP contribution in [0.4, 0.5) is 19.3 Å². The highest BCUT2D eigenvalue weighted by Gasteiger charge is 2.18. The quantitative estimate of drug-likeness (QED) is 0.790. The van der Waals surface area contributed by atoms with Gasteiger partial charge in [0.1, 0.15) is 0 Å². The van der Waals surface area contributed by atoms with Gasteiger partial charge >= 0.3 is 6.03 Å². The molecule has 0 aliphatic carbocycles. The van der Waals surface area contributed by atoms with Crippen LogP contribution in [-0.4, -0.2) is 42.9 Å². The Labute approximate surface area is 114 Å². The van der Waals surface area contributed by atoms with Crippen LogP contribution in [0.5, 0.6) is 0 Å². The van der Waals surface area contributed by atoms with Gasteiger partial charge in [0, 0.05) is 36.8 Å². The van der Waals surface area contributed by atoms with Gasteiger partial charge < -0.3 is 15.5 Å². The molecule has 104 valence electrons. The Morgan fingerprint density at radius 3 is 2.89 bits per heavy atom. The number of hydrogen-bond donors (Lipinski definition) is 2. The largest absolute Gasteiger partial charge is 0.382 e. The second-order valence-electron chi connectivity index (χ2n) is 4.02. The van der Waals surface area contributed by atoms with Crippen molar-refractivity contribution in [2.75, 3.05) is 31.5 Å². The molecular weight excluding hydrogens is 272 g/mol. The number of hydrogen-bond acceptors (Lipinski definition) is 3. The summed E-state index contributed by atoms with van der Waals surface area (Å²) >= 11 is 0.520. The minimum Gasteiger partial charge on any atom is -0.382 e. The highest BCUT2D eigenvalue weighted by molar-refractivity contribution is 7.99. The monoisotopic (exact) mass is 287 g/mol. The predicted octanol–water partition coefficient (Wildman–Crippen LogP) is 2.44. The first-order valence-electron chi connectivity index (χ1n) is 5.97. The summed E-state index contributed by atoms with van der Waals surface area (Å²) in [6.45, 7) is 2.44. The molecular formula is C12H15F2N3OS. The Morgan fingerprint density at radius 1 is 1.42 bits per heavy atom. The van der Waals surface area contributed by atoms with E-state index in [9.17, 15) is 13.6 Å². The summed E-state index contributed by atoms with van der Waals surface area (Å²) in [5.74, 6) is -2.44. The van der Waals surface area contributed by atoms with Gasteiger partial charge in [0.2, 0.25) is 0 Å². The van der Waals surface area contributed by atoms with Gasteiger partial charge in [-0.05, 0) is 12.1 Å². The number of carbonyl (C=O) groups is 1. The Kier molecular flexibility index (Phi) is 4.84. The number of anilines is 1. The summed E-state index contributed by atoms with van der Waals surface area (Å²) < 4.78 is 24.8. The van der Waals surface area contributed by atoms with Gasteiger partial charge in [0.05, 0.1) is 0 Å². The van der Waals surface area contributed by atoms with E-state index < -0.39 is 5.76 Å². The van der Waals surface area contributed by atoms with Crippen LogP contribution >= 0.6 is 11.8 Å². The van der Waals surface area contributed by atoms with E-state index in [1.807, 2.05) is 0 Å².